The lowest BCUT2D eigenvalue weighted by atomic mass is 10.3. The number of rotatable bonds is 5. The standard InChI is InChI=1S/C15H15IN2O3S/c1-22(20,21)14-9-5-4-8-13(14)18-15(19)10-17-12-7-3-2-6-11(12)16/h2-9,17H,10H2,1H3,(H,18,19). The Bertz CT molecular complexity index is 791. The van der Waals surface area contributed by atoms with E-state index in [1.807, 2.05) is 24.3 Å². The lowest BCUT2D eigenvalue weighted by Gasteiger charge is -2.11. The minimum absolute atomic E-state index is 0.0537. The zero-order valence-electron chi connectivity index (χ0n) is 11.8. The topological polar surface area (TPSA) is 75.3 Å². The zero-order chi connectivity index (χ0) is 16.2. The van der Waals surface area contributed by atoms with Gasteiger partial charge in [-0.05, 0) is 46.9 Å². The molecule has 2 rings (SSSR count). The molecule has 0 aliphatic rings. The molecule has 0 aliphatic heterocycles. The molecule has 0 saturated heterocycles. The van der Waals surface area contributed by atoms with Gasteiger partial charge in [-0.2, -0.15) is 0 Å². The first-order valence-electron chi connectivity index (χ1n) is 6.45. The highest BCUT2D eigenvalue weighted by atomic mass is 127. The lowest BCUT2D eigenvalue weighted by Crippen LogP contribution is -2.23. The predicted octanol–water partition coefficient (Wildman–Crippen LogP) is 2.75. The summed E-state index contributed by atoms with van der Waals surface area (Å²) in [5, 5.41) is 5.65. The van der Waals surface area contributed by atoms with Crippen molar-refractivity contribution >= 4 is 49.7 Å². The quantitative estimate of drug-likeness (QED) is 0.716. The molecule has 0 aliphatic carbocycles. The van der Waals surface area contributed by atoms with Crippen molar-refractivity contribution in [1.82, 2.24) is 0 Å². The van der Waals surface area contributed by atoms with Gasteiger partial charge >= 0.3 is 0 Å². The highest BCUT2D eigenvalue weighted by molar-refractivity contribution is 14.1. The van der Waals surface area contributed by atoms with Gasteiger partial charge in [-0.15, -0.1) is 0 Å². The second-order valence-electron chi connectivity index (χ2n) is 4.65. The Labute approximate surface area is 143 Å². The Kier molecular flexibility index (Phi) is 5.41. The number of hydrogen-bond donors (Lipinski definition) is 2. The molecule has 7 heteroatoms. The molecule has 0 bridgehead atoms. The van der Waals surface area contributed by atoms with Crippen LogP contribution in [-0.2, 0) is 14.6 Å². The third-order valence-corrected chi connectivity index (χ3v) is 4.97. The van der Waals surface area contributed by atoms with Crippen LogP contribution in [0.1, 0.15) is 0 Å². The van der Waals surface area contributed by atoms with Crippen molar-refractivity contribution < 1.29 is 13.2 Å². The summed E-state index contributed by atoms with van der Waals surface area (Å²) in [5.41, 5.74) is 1.15. The zero-order valence-corrected chi connectivity index (χ0v) is 14.8. The van der Waals surface area contributed by atoms with Crippen molar-refractivity contribution in [1.29, 1.82) is 0 Å². The van der Waals surface area contributed by atoms with Gasteiger partial charge in [-0.3, -0.25) is 4.79 Å². The van der Waals surface area contributed by atoms with Crippen LogP contribution >= 0.6 is 22.6 Å². The number of hydrogen-bond acceptors (Lipinski definition) is 4. The molecular formula is C15H15IN2O3S. The van der Waals surface area contributed by atoms with E-state index in [9.17, 15) is 13.2 Å². The summed E-state index contributed by atoms with van der Waals surface area (Å²) in [6.07, 6.45) is 1.11. The molecule has 0 radical (unpaired) electrons. The van der Waals surface area contributed by atoms with E-state index in [4.69, 9.17) is 0 Å². The average molecular weight is 430 g/mol. The van der Waals surface area contributed by atoms with Gasteiger partial charge in [0.1, 0.15) is 0 Å². The number of nitrogens with one attached hydrogen (secondary N) is 2. The fourth-order valence-electron chi connectivity index (χ4n) is 1.87. The molecule has 2 N–H and O–H groups in total. The van der Waals surface area contributed by atoms with E-state index in [1.165, 1.54) is 6.07 Å². The van der Waals surface area contributed by atoms with Crippen molar-refractivity contribution in [3.8, 4) is 0 Å². The molecule has 2 aromatic rings. The van der Waals surface area contributed by atoms with Crippen LogP contribution in [0.2, 0.25) is 0 Å². The summed E-state index contributed by atoms with van der Waals surface area (Å²) in [6.45, 7) is 0.0537. The van der Waals surface area contributed by atoms with Gasteiger partial charge in [-0.25, -0.2) is 8.42 Å². The molecule has 0 aromatic heterocycles. The third-order valence-electron chi connectivity index (χ3n) is 2.87. The molecule has 1 amide bonds. The van der Waals surface area contributed by atoms with E-state index in [0.29, 0.717) is 5.69 Å². The number of benzene rings is 2. The molecule has 5 nitrogen and oxygen atoms in total. The molecule has 116 valence electrons. The number of carbonyl (C=O) groups is 1. The average Bonchev–Trinajstić information content (AvgIpc) is 2.46. The van der Waals surface area contributed by atoms with Crippen LogP contribution in [-0.4, -0.2) is 27.1 Å². The Morgan fingerprint density at radius 3 is 2.27 bits per heavy atom. The molecule has 2 aromatic carbocycles. The summed E-state index contributed by atoms with van der Waals surface area (Å²) in [6, 6.07) is 13.9. The summed E-state index contributed by atoms with van der Waals surface area (Å²) >= 11 is 2.17. The van der Waals surface area contributed by atoms with E-state index >= 15 is 0 Å². The molecule has 0 spiro atoms. The van der Waals surface area contributed by atoms with Crippen LogP contribution in [0.5, 0.6) is 0 Å². The fraction of sp³-hybridized carbons (Fsp3) is 0.133. The summed E-state index contributed by atoms with van der Waals surface area (Å²) in [5.74, 6) is -0.309. The van der Waals surface area contributed by atoms with E-state index in [2.05, 4.69) is 33.2 Å². The Morgan fingerprint density at radius 2 is 1.64 bits per heavy atom. The number of halogens is 1. The second-order valence-corrected chi connectivity index (χ2v) is 7.80. The van der Waals surface area contributed by atoms with Crippen LogP contribution in [0.15, 0.2) is 53.4 Å². The van der Waals surface area contributed by atoms with Gasteiger partial charge < -0.3 is 10.6 Å². The number of anilines is 2. The van der Waals surface area contributed by atoms with E-state index in [-0.39, 0.29) is 17.3 Å². The maximum atomic E-state index is 12.0. The minimum Gasteiger partial charge on any atom is -0.375 e. The predicted molar refractivity (Wildman–Crippen MR) is 95.8 cm³/mol. The number of para-hydroxylation sites is 2. The second kappa shape index (κ2) is 7.10. The van der Waals surface area contributed by atoms with E-state index in [1.54, 1.807) is 18.2 Å². The van der Waals surface area contributed by atoms with Gasteiger partial charge in [0.05, 0.1) is 17.1 Å². The van der Waals surface area contributed by atoms with Crippen molar-refractivity contribution in [3.05, 3.63) is 52.1 Å². The normalized spacial score (nSPS) is 11.0. The van der Waals surface area contributed by atoms with Gasteiger partial charge in [0.25, 0.3) is 0 Å². The van der Waals surface area contributed by atoms with Crippen molar-refractivity contribution in [2.45, 2.75) is 4.90 Å². The van der Waals surface area contributed by atoms with E-state index in [0.717, 1.165) is 15.5 Å². The first-order chi connectivity index (χ1) is 10.4. The van der Waals surface area contributed by atoms with Crippen LogP contribution in [0.4, 0.5) is 11.4 Å². The minimum atomic E-state index is -3.39. The molecule has 0 saturated carbocycles. The monoisotopic (exact) mass is 430 g/mol. The molecule has 0 fully saturated rings. The van der Waals surface area contributed by atoms with Crippen LogP contribution < -0.4 is 10.6 Å². The van der Waals surface area contributed by atoms with E-state index < -0.39 is 9.84 Å². The third kappa shape index (κ3) is 4.44. The molecule has 0 atom stereocenters. The largest absolute Gasteiger partial charge is 0.375 e. The van der Waals surface area contributed by atoms with Gasteiger partial charge in [0.15, 0.2) is 9.84 Å². The summed E-state index contributed by atoms with van der Waals surface area (Å²) in [4.78, 5) is 12.1. The molecular weight excluding hydrogens is 415 g/mol. The maximum absolute atomic E-state index is 12.0. The highest BCUT2D eigenvalue weighted by Gasteiger charge is 2.14. The molecule has 0 heterocycles. The smallest absolute Gasteiger partial charge is 0.243 e. The lowest BCUT2D eigenvalue weighted by molar-refractivity contribution is -0.114. The first kappa shape index (κ1) is 16.8. The van der Waals surface area contributed by atoms with Crippen molar-refractivity contribution in [2.24, 2.45) is 0 Å². The van der Waals surface area contributed by atoms with Crippen LogP contribution in [0.3, 0.4) is 0 Å². The Balaban J connectivity index is 2.06. The summed E-state index contributed by atoms with van der Waals surface area (Å²) < 4.78 is 24.4. The molecule has 22 heavy (non-hydrogen) atoms. The fourth-order valence-corrected chi connectivity index (χ4v) is 3.29. The summed E-state index contributed by atoms with van der Waals surface area (Å²) in [7, 11) is -3.39. The highest BCUT2D eigenvalue weighted by Crippen LogP contribution is 2.21. The van der Waals surface area contributed by atoms with Crippen molar-refractivity contribution in [3.63, 3.8) is 0 Å². The van der Waals surface area contributed by atoms with Crippen LogP contribution in [0, 0.1) is 3.57 Å². The first-order valence-corrected chi connectivity index (χ1v) is 9.42. The Morgan fingerprint density at radius 1 is 1.05 bits per heavy atom. The molecule has 0 unspecified atom stereocenters. The number of amides is 1. The van der Waals surface area contributed by atoms with Gasteiger partial charge in [0, 0.05) is 15.5 Å². The number of sulfone groups is 1. The van der Waals surface area contributed by atoms with Gasteiger partial charge in [0.2, 0.25) is 5.91 Å². The van der Waals surface area contributed by atoms with Crippen molar-refractivity contribution in [2.75, 3.05) is 23.4 Å². The Hall–Kier alpha value is -1.61. The van der Waals surface area contributed by atoms with Gasteiger partial charge in [-0.1, -0.05) is 24.3 Å². The SMILES string of the molecule is CS(=O)(=O)c1ccccc1NC(=O)CNc1ccccc1I. The van der Waals surface area contributed by atoms with Crippen LogP contribution in [0.25, 0.3) is 0 Å². The number of carbonyl (C=O) groups excluding carboxylic acids is 1. The maximum Gasteiger partial charge on any atom is 0.243 e.